The Balaban J connectivity index is 1.79. The Morgan fingerprint density at radius 3 is 2.80 bits per heavy atom. The number of methoxy groups -OCH3 is 1. The SMILES string of the molecule is COC(=O)c1ccc(COCC2CC=CCC2C)nc1. The highest BCUT2D eigenvalue weighted by Crippen LogP contribution is 2.25. The minimum absolute atomic E-state index is 0.368. The van der Waals surface area contributed by atoms with Crippen LogP contribution < -0.4 is 0 Å². The minimum Gasteiger partial charge on any atom is -0.465 e. The molecule has 0 radical (unpaired) electrons. The zero-order valence-electron chi connectivity index (χ0n) is 12.0. The van der Waals surface area contributed by atoms with E-state index in [0.717, 1.165) is 25.1 Å². The van der Waals surface area contributed by atoms with Gasteiger partial charge < -0.3 is 9.47 Å². The highest BCUT2D eigenvalue weighted by Gasteiger charge is 2.18. The van der Waals surface area contributed by atoms with Crippen LogP contribution in [0.5, 0.6) is 0 Å². The summed E-state index contributed by atoms with van der Waals surface area (Å²) in [6, 6.07) is 3.51. The molecule has 4 heteroatoms. The maximum Gasteiger partial charge on any atom is 0.339 e. The summed E-state index contributed by atoms with van der Waals surface area (Å²) in [4.78, 5) is 15.5. The summed E-state index contributed by atoms with van der Waals surface area (Å²) >= 11 is 0. The van der Waals surface area contributed by atoms with Gasteiger partial charge >= 0.3 is 5.97 Å². The molecule has 0 bridgehead atoms. The summed E-state index contributed by atoms with van der Waals surface area (Å²) in [5.74, 6) is 0.900. The molecule has 0 fully saturated rings. The van der Waals surface area contributed by atoms with E-state index in [1.54, 1.807) is 12.1 Å². The Kier molecular flexibility index (Phi) is 5.30. The molecule has 0 aliphatic heterocycles. The van der Waals surface area contributed by atoms with Gasteiger partial charge in [0.25, 0.3) is 0 Å². The summed E-state index contributed by atoms with van der Waals surface area (Å²) in [6.45, 7) is 3.50. The van der Waals surface area contributed by atoms with Crippen LogP contribution in [0.3, 0.4) is 0 Å². The van der Waals surface area contributed by atoms with Gasteiger partial charge in [-0.25, -0.2) is 4.79 Å². The molecule has 1 aliphatic carbocycles. The molecular formula is C16H21NO3. The summed E-state index contributed by atoms with van der Waals surface area (Å²) in [6.07, 6.45) is 8.23. The lowest BCUT2D eigenvalue weighted by Crippen LogP contribution is -2.19. The van der Waals surface area contributed by atoms with Crippen LogP contribution >= 0.6 is 0 Å². The van der Waals surface area contributed by atoms with Crippen LogP contribution in [0.1, 0.15) is 35.8 Å². The van der Waals surface area contributed by atoms with Crippen molar-refractivity contribution in [2.24, 2.45) is 11.8 Å². The van der Waals surface area contributed by atoms with Crippen LogP contribution in [-0.2, 0) is 16.1 Å². The van der Waals surface area contributed by atoms with Crippen molar-refractivity contribution in [3.05, 3.63) is 41.7 Å². The zero-order chi connectivity index (χ0) is 14.4. The first-order valence-electron chi connectivity index (χ1n) is 6.96. The minimum atomic E-state index is -0.368. The maximum atomic E-state index is 11.3. The van der Waals surface area contributed by atoms with Crippen molar-refractivity contribution in [1.82, 2.24) is 4.98 Å². The predicted molar refractivity (Wildman–Crippen MR) is 76.3 cm³/mol. The van der Waals surface area contributed by atoms with E-state index in [9.17, 15) is 4.79 Å². The van der Waals surface area contributed by atoms with E-state index < -0.39 is 0 Å². The lowest BCUT2D eigenvalue weighted by molar-refractivity contribution is 0.0597. The zero-order valence-corrected chi connectivity index (χ0v) is 12.0. The monoisotopic (exact) mass is 275 g/mol. The van der Waals surface area contributed by atoms with Gasteiger partial charge in [0.1, 0.15) is 0 Å². The van der Waals surface area contributed by atoms with Gasteiger partial charge in [-0.3, -0.25) is 4.98 Å². The van der Waals surface area contributed by atoms with Crippen LogP contribution in [0.25, 0.3) is 0 Å². The molecular weight excluding hydrogens is 254 g/mol. The molecule has 0 aromatic carbocycles. The second kappa shape index (κ2) is 7.20. The molecule has 4 nitrogen and oxygen atoms in total. The lowest BCUT2D eigenvalue weighted by Gasteiger charge is -2.24. The Hall–Kier alpha value is -1.68. The predicted octanol–water partition coefficient (Wildman–Crippen LogP) is 2.99. The molecule has 0 saturated carbocycles. The number of ether oxygens (including phenoxy) is 2. The number of allylic oxidation sites excluding steroid dienone is 2. The van der Waals surface area contributed by atoms with E-state index in [2.05, 4.69) is 28.8 Å². The first-order chi connectivity index (χ1) is 9.70. The quantitative estimate of drug-likeness (QED) is 0.612. The molecule has 1 aromatic rings. The topological polar surface area (TPSA) is 48.4 Å². The van der Waals surface area contributed by atoms with E-state index in [4.69, 9.17) is 4.74 Å². The van der Waals surface area contributed by atoms with Gasteiger partial charge in [0, 0.05) is 6.20 Å². The van der Waals surface area contributed by atoms with Gasteiger partial charge in [0.2, 0.25) is 0 Å². The molecule has 1 aliphatic rings. The van der Waals surface area contributed by atoms with E-state index in [1.165, 1.54) is 13.3 Å². The molecule has 108 valence electrons. The van der Waals surface area contributed by atoms with Crippen LogP contribution in [0.15, 0.2) is 30.5 Å². The highest BCUT2D eigenvalue weighted by atomic mass is 16.5. The van der Waals surface area contributed by atoms with Crippen LogP contribution in [0.4, 0.5) is 0 Å². The van der Waals surface area contributed by atoms with Gasteiger partial charge in [-0.15, -0.1) is 0 Å². The van der Waals surface area contributed by atoms with Gasteiger partial charge in [-0.05, 0) is 36.8 Å². The number of carbonyl (C=O) groups excluding carboxylic acids is 1. The second-order valence-electron chi connectivity index (χ2n) is 5.23. The van der Waals surface area contributed by atoms with E-state index in [-0.39, 0.29) is 5.97 Å². The first-order valence-corrected chi connectivity index (χ1v) is 6.96. The van der Waals surface area contributed by atoms with Crippen molar-refractivity contribution in [3.8, 4) is 0 Å². The van der Waals surface area contributed by atoms with Gasteiger partial charge in [0.05, 0.1) is 31.6 Å². The first kappa shape index (κ1) is 14.7. The Bertz CT molecular complexity index is 467. The largest absolute Gasteiger partial charge is 0.465 e. The van der Waals surface area contributed by atoms with Crippen LogP contribution in [0.2, 0.25) is 0 Å². The number of hydrogen-bond acceptors (Lipinski definition) is 4. The standard InChI is InChI=1S/C16H21NO3/c1-12-5-3-4-6-14(12)10-20-11-15-8-7-13(9-17-15)16(18)19-2/h3-4,7-9,12,14H,5-6,10-11H2,1-2H3. The van der Waals surface area contributed by atoms with Crippen LogP contribution in [-0.4, -0.2) is 24.7 Å². The number of carbonyl (C=O) groups is 1. The smallest absolute Gasteiger partial charge is 0.339 e. The van der Waals surface area contributed by atoms with Gasteiger partial charge in [-0.1, -0.05) is 19.1 Å². The summed E-state index contributed by atoms with van der Waals surface area (Å²) in [5, 5.41) is 0. The molecule has 0 amide bonds. The number of aromatic nitrogens is 1. The van der Waals surface area contributed by atoms with Crippen molar-refractivity contribution in [3.63, 3.8) is 0 Å². The fourth-order valence-corrected chi connectivity index (χ4v) is 2.30. The summed E-state index contributed by atoms with van der Waals surface area (Å²) in [5.41, 5.74) is 1.29. The molecule has 0 spiro atoms. The highest BCUT2D eigenvalue weighted by molar-refractivity contribution is 5.88. The van der Waals surface area contributed by atoms with E-state index >= 15 is 0 Å². The van der Waals surface area contributed by atoms with Crippen LogP contribution in [0, 0.1) is 11.8 Å². The third kappa shape index (κ3) is 3.90. The number of rotatable bonds is 5. The van der Waals surface area contributed by atoms with Gasteiger partial charge in [0.15, 0.2) is 0 Å². The Labute approximate surface area is 119 Å². The van der Waals surface area contributed by atoms with Crippen molar-refractivity contribution < 1.29 is 14.3 Å². The summed E-state index contributed by atoms with van der Waals surface area (Å²) < 4.78 is 10.4. The maximum absolute atomic E-state index is 11.3. The molecule has 0 N–H and O–H groups in total. The summed E-state index contributed by atoms with van der Waals surface area (Å²) in [7, 11) is 1.36. The van der Waals surface area contributed by atoms with E-state index in [0.29, 0.717) is 24.0 Å². The van der Waals surface area contributed by atoms with Crippen molar-refractivity contribution in [2.45, 2.75) is 26.4 Å². The van der Waals surface area contributed by atoms with E-state index in [1.807, 2.05) is 0 Å². The molecule has 2 atom stereocenters. The van der Waals surface area contributed by atoms with Crippen molar-refractivity contribution in [2.75, 3.05) is 13.7 Å². The average molecular weight is 275 g/mol. The third-order valence-corrected chi connectivity index (χ3v) is 3.75. The molecule has 1 aromatic heterocycles. The van der Waals surface area contributed by atoms with Crippen molar-refractivity contribution in [1.29, 1.82) is 0 Å². The third-order valence-electron chi connectivity index (χ3n) is 3.75. The number of hydrogen-bond donors (Lipinski definition) is 0. The molecule has 2 unspecified atom stereocenters. The molecule has 2 rings (SSSR count). The molecule has 20 heavy (non-hydrogen) atoms. The Morgan fingerprint density at radius 2 is 2.15 bits per heavy atom. The fourth-order valence-electron chi connectivity index (χ4n) is 2.30. The second-order valence-corrected chi connectivity index (χ2v) is 5.23. The van der Waals surface area contributed by atoms with Gasteiger partial charge in [-0.2, -0.15) is 0 Å². The average Bonchev–Trinajstić information content (AvgIpc) is 2.49. The number of pyridine rings is 1. The molecule has 1 heterocycles. The Morgan fingerprint density at radius 1 is 1.35 bits per heavy atom. The molecule has 0 saturated heterocycles. The fraction of sp³-hybridized carbons (Fsp3) is 0.500. The normalized spacial score (nSPS) is 21.7. The van der Waals surface area contributed by atoms with Crippen molar-refractivity contribution >= 4 is 5.97 Å². The number of esters is 1. The lowest BCUT2D eigenvalue weighted by atomic mass is 9.85. The number of nitrogens with zero attached hydrogens (tertiary/aromatic N) is 1.